The molecule has 18 heavy (non-hydrogen) atoms. The van der Waals surface area contributed by atoms with Crippen LogP contribution in [0.5, 0.6) is 0 Å². The van der Waals surface area contributed by atoms with Gasteiger partial charge in [0, 0.05) is 18.0 Å². The SMILES string of the molecule is CCC(C)(C)N(C)S(=O)(=O)c1csc(C(=O)O)c1. The minimum absolute atomic E-state index is 0.0243. The zero-order valence-electron chi connectivity index (χ0n) is 10.8. The smallest absolute Gasteiger partial charge is 0.345 e. The molecule has 0 fully saturated rings. The summed E-state index contributed by atoms with van der Waals surface area (Å²) in [5, 5.41) is 10.2. The average Bonchev–Trinajstić information content (AvgIpc) is 2.77. The number of sulfonamides is 1. The van der Waals surface area contributed by atoms with Gasteiger partial charge in [-0.25, -0.2) is 13.2 Å². The number of carboxylic acids is 1. The Morgan fingerprint density at radius 2 is 2.06 bits per heavy atom. The van der Waals surface area contributed by atoms with Crippen molar-refractivity contribution in [1.82, 2.24) is 4.31 Å². The second-order valence-corrected chi connectivity index (χ2v) is 7.47. The number of hydrogen-bond donors (Lipinski definition) is 1. The molecule has 0 bridgehead atoms. The van der Waals surface area contributed by atoms with Gasteiger partial charge in [0.2, 0.25) is 10.0 Å². The molecule has 0 atom stereocenters. The third-order valence-electron chi connectivity index (χ3n) is 3.16. The summed E-state index contributed by atoms with van der Waals surface area (Å²) in [5.41, 5.74) is -0.510. The summed E-state index contributed by atoms with van der Waals surface area (Å²) in [6.07, 6.45) is 0.665. The quantitative estimate of drug-likeness (QED) is 0.903. The first kappa shape index (κ1) is 15.1. The molecule has 0 aliphatic heterocycles. The van der Waals surface area contributed by atoms with Gasteiger partial charge in [0.05, 0.1) is 4.90 Å². The van der Waals surface area contributed by atoms with E-state index in [1.165, 1.54) is 22.8 Å². The second kappa shape index (κ2) is 4.99. The van der Waals surface area contributed by atoms with Crippen molar-refractivity contribution >= 4 is 27.3 Å². The van der Waals surface area contributed by atoms with Crippen LogP contribution in [-0.4, -0.2) is 36.4 Å². The van der Waals surface area contributed by atoms with Crippen LogP contribution in [-0.2, 0) is 10.0 Å². The third kappa shape index (κ3) is 2.73. The number of rotatable bonds is 5. The molecule has 1 aromatic heterocycles. The topological polar surface area (TPSA) is 74.7 Å². The summed E-state index contributed by atoms with van der Waals surface area (Å²) in [6, 6.07) is 1.20. The zero-order chi connectivity index (χ0) is 14.1. The van der Waals surface area contributed by atoms with E-state index in [2.05, 4.69) is 0 Å². The molecular weight excluding hydrogens is 274 g/mol. The molecule has 0 unspecified atom stereocenters. The van der Waals surface area contributed by atoms with Gasteiger partial charge in [-0.15, -0.1) is 11.3 Å². The highest BCUT2D eigenvalue weighted by Gasteiger charge is 2.33. The third-order valence-corrected chi connectivity index (χ3v) is 6.28. The first-order chi connectivity index (χ1) is 8.13. The molecule has 0 aromatic carbocycles. The van der Waals surface area contributed by atoms with Crippen LogP contribution < -0.4 is 0 Å². The Labute approximate surface area is 111 Å². The van der Waals surface area contributed by atoms with Gasteiger partial charge in [0.1, 0.15) is 4.88 Å². The van der Waals surface area contributed by atoms with Crippen molar-refractivity contribution in [3.05, 3.63) is 16.3 Å². The zero-order valence-corrected chi connectivity index (χ0v) is 12.4. The molecule has 7 heteroatoms. The summed E-state index contributed by atoms with van der Waals surface area (Å²) < 4.78 is 25.9. The lowest BCUT2D eigenvalue weighted by Crippen LogP contribution is -2.44. The van der Waals surface area contributed by atoms with Crippen molar-refractivity contribution in [2.24, 2.45) is 0 Å². The molecule has 0 saturated heterocycles. The summed E-state index contributed by atoms with van der Waals surface area (Å²) in [7, 11) is -2.13. The van der Waals surface area contributed by atoms with Gasteiger partial charge in [0.15, 0.2) is 0 Å². The predicted molar refractivity (Wildman–Crippen MR) is 70.6 cm³/mol. The summed E-state index contributed by atoms with van der Waals surface area (Å²) in [6.45, 7) is 5.56. The Morgan fingerprint density at radius 3 is 2.44 bits per heavy atom. The lowest BCUT2D eigenvalue weighted by atomic mass is 10.0. The Bertz CT molecular complexity index is 545. The molecule has 1 aromatic rings. The Morgan fingerprint density at radius 1 is 1.50 bits per heavy atom. The maximum absolute atomic E-state index is 12.3. The van der Waals surface area contributed by atoms with E-state index in [0.29, 0.717) is 6.42 Å². The molecular formula is C11H17NO4S2. The van der Waals surface area contributed by atoms with Crippen LogP contribution in [0.2, 0.25) is 0 Å². The normalized spacial score (nSPS) is 12.9. The second-order valence-electron chi connectivity index (χ2n) is 4.59. The van der Waals surface area contributed by atoms with E-state index in [9.17, 15) is 13.2 Å². The van der Waals surface area contributed by atoms with Crippen LogP contribution in [0.1, 0.15) is 36.9 Å². The van der Waals surface area contributed by atoms with Crippen molar-refractivity contribution in [3.8, 4) is 0 Å². The van der Waals surface area contributed by atoms with E-state index in [1.807, 2.05) is 20.8 Å². The minimum Gasteiger partial charge on any atom is -0.477 e. The van der Waals surface area contributed by atoms with Crippen molar-refractivity contribution < 1.29 is 18.3 Å². The molecule has 1 rings (SSSR count). The highest BCUT2D eigenvalue weighted by atomic mass is 32.2. The molecule has 102 valence electrons. The predicted octanol–water partition coefficient (Wildman–Crippen LogP) is 2.26. The molecule has 0 saturated carbocycles. The van der Waals surface area contributed by atoms with Crippen LogP contribution in [0.25, 0.3) is 0 Å². The number of carbonyl (C=O) groups is 1. The van der Waals surface area contributed by atoms with Gasteiger partial charge >= 0.3 is 5.97 Å². The van der Waals surface area contributed by atoms with E-state index in [0.717, 1.165) is 11.3 Å². The maximum atomic E-state index is 12.3. The van der Waals surface area contributed by atoms with Crippen LogP contribution in [0.15, 0.2) is 16.3 Å². The molecule has 0 radical (unpaired) electrons. The molecule has 0 spiro atoms. The monoisotopic (exact) mass is 291 g/mol. The number of carboxylic acid groups (broad SMARTS) is 1. The number of aromatic carboxylic acids is 1. The van der Waals surface area contributed by atoms with Crippen molar-refractivity contribution in [2.45, 2.75) is 37.6 Å². The number of nitrogens with zero attached hydrogens (tertiary/aromatic N) is 1. The summed E-state index contributed by atoms with van der Waals surface area (Å²) in [5.74, 6) is -1.11. The highest BCUT2D eigenvalue weighted by Crippen LogP contribution is 2.28. The van der Waals surface area contributed by atoms with Gasteiger partial charge in [0.25, 0.3) is 0 Å². The van der Waals surface area contributed by atoms with Crippen LogP contribution in [0.4, 0.5) is 0 Å². The fourth-order valence-electron chi connectivity index (χ4n) is 1.27. The first-order valence-corrected chi connectivity index (χ1v) is 7.75. The van der Waals surface area contributed by atoms with Gasteiger partial charge in [-0.1, -0.05) is 6.92 Å². The number of thiophene rings is 1. The molecule has 0 aliphatic rings. The lowest BCUT2D eigenvalue weighted by molar-refractivity contribution is 0.0702. The fraction of sp³-hybridized carbons (Fsp3) is 0.545. The van der Waals surface area contributed by atoms with Crippen molar-refractivity contribution in [2.75, 3.05) is 7.05 Å². The van der Waals surface area contributed by atoms with Gasteiger partial charge < -0.3 is 5.11 Å². The van der Waals surface area contributed by atoms with Gasteiger partial charge in [-0.05, 0) is 26.3 Å². The molecule has 1 heterocycles. The fourth-order valence-corrected chi connectivity index (χ4v) is 3.95. The van der Waals surface area contributed by atoms with E-state index in [-0.39, 0.29) is 9.77 Å². The van der Waals surface area contributed by atoms with E-state index in [1.54, 1.807) is 0 Å². The van der Waals surface area contributed by atoms with E-state index < -0.39 is 21.5 Å². The van der Waals surface area contributed by atoms with Crippen LogP contribution >= 0.6 is 11.3 Å². The highest BCUT2D eigenvalue weighted by molar-refractivity contribution is 7.89. The standard InChI is InChI=1S/C11H17NO4S2/c1-5-11(2,3)12(4)18(15,16)8-6-9(10(13)14)17-7-8/h6-7H,5H2,1-4H3,(H,13,14). The average molecular weight is 291 g/mol. The van der Waals surface area contributed by atoms with E-state index >= 15 is 0 Å². The Hall–Kier alpha value is -0.920. The Balaban J connectivity index is 3.17. The minimum atomic E-state index is -3.64. The van der Waals surface area contributed by atoms with Gasteiger partial charge in [-0.3, -0.25) is 0 Å². The molecule has 0 amide bonds. The largest absolute Gasteiger partial charge is 0.477 e. The molecule has 0 aliphatic carbocycles. The van der Waals surface area contributed by atoms with Gasteiger partial charge in [-0.2, -0.15) is 4.31 Å². The summed E-state index contributed by atoms with van der Waals surface area (Å²) in [4.78, 5) is 10.8. The van der Waals surface area contributed by atoms with Crippen LogP contribution in [0, 0.1) is 0 Å². The maximum Gasteiger partial charge on any atom is 0.345 e. The molecule has 5 nitrogen and oxygen atoms in total. The van der Waals surface area contributed by atoms with Crippen molar-refractivity contribution in [3.63, 3.8) is 0 Å². The molecule has 1 N–H and O–H groups in total. The lowest BCUT2D eigenvalue weighted by Gasteiger charge is -2.33. The van der Waals surface area contributed by atoms with Crippen molar-refractivity contribution in [1.29, 1.82) is 0 Å². The Kier molecular flexibility index (Phi) is 4.19. The van der Waals surface area contributed by atoms with E-state index in [4.69, 9.17) is 5.11 Å². The van der Waals surface area contributed by atoms with Crippen LogP contribution in [0.3, 0.4) is 0 Å². The first-order valence-electron chi connectivity index (χ1n) is 5.44. The summed E-state index contributed by atoms with van der Waals surface area (Å²) >= 11 is 0.915. The number of hydrogen-bond acceptors (Lipinski definition) is 4.